The number of nitrogens with one attached hydrogen (secondary N) is 1. The standard InChI is InChI=1S/C21H23N5OS/c1-14-11-18(25-27-14)22-12-15-7-5-6-8-17(15)28-16-9-10-19-23-24-20(21(2,3)4)26(19)13-16/h5-11,13H,12H2,1-4H3,(H,22,25). The Morgan fingerprint density at radius 1 is 1.11 bits per heavy atom. The summed E-state index contributed by atoms with van der Waals surface area (Å²) < 4.78 is 7.20. The molecule has 0 aliphatic heterocycles. The van der Waals surface area contributed by atoms with Gasteiger partial charge in [0, 0.05) is 34.0 Å². The monoisotopic (exact) mass is 393 g/mol. The Balaban J connectivity index is 1.59. The second kappa shape index (κ2) is 7.31. The van der Waals surface area contributed by atoms with Gasteiger partial charge in [-0.3, -0.25) is 4.40 Å². The molecule has 6 nitrogen and oxygen atoms in total. The van der Waals surface area contributed by atoms with Crippen LogP contribution in [0.15, 0.2) is 63.0 Å². The van der Waals surface area contributed by atoms with Gasteiger partial charge in [-0.15, -0.1) is 10.2 Å². The van der Waals surface area contributed by atoms with Crippen molar-refractivity contribution < 1.29 is 4.52 Å². The van der Waals surface area contributed by atoms with Gasteiger partial charge in [-0.1, -0.05) is 55.9 Å². The normalized spacial score (nSPS) is 11.9. The van der Waals surface area contributed by atoms with Crippen molar-refractivity contribution in [3.8, 4) is 0 Å². The number of hydrogen-bond acceptors (Lipinski definition) is 6. The van der Waals surface area contributed by atoms with Gasteiger partial charge >= 0.3 is 0 Å². The maximum atomic E-state index is 5.12. The number of anilines is 1. The molecule has 0 radical (unpaired) electrons. The third-order valence-electron chi connectivity index (χ3n) is 4.33. The largest absolute Gasteiger partial charge is 0.363 e. The summed E-state index contributed by atoms with van der Waals surface area (Å²) in [5.41, 5.74) is 2.00. The molecule has 0 saturated heterocycles. The summed E-state index contributed by atoms with van der Waals surface area (Å²) >= 11 is 1.73. The molecule has 7 heteroatoms. The fourth-order valence-corrected chi connectivity index (χ4v) is 3.92. The van der Waals surface area contributed by atoms with E-state index in [-0.39, 0.29) is 5.41 Å². The zero-order chi connectivity index (χ0) is 19.7. The van der Waals surface area contributed by atoms with E-state index in [9.17, 15) is 0 Å². The molecule has 4 rings (SSSR count). The molecule has 0 aliphatic rings. The van der Waals surface area contributed by atoms with Crippen molar-refractivity contribution in [2.75, 3.05) is 5.32 Å². The van der Waals surface area contributed by atoms with Crippen molar-refractivity contribution in [3.05, 3.63) is 65.8 Å². The lowest BCUT2D eigenvalue weighted by Gasteiger charge is -2.16. The van der Waals surface area contributed by atoms with Gasteiger partial charge in [0.2, 0.25) is 0 Å². The molecule has 0 atom stereocenters. The molecule has 28 heavy (non-hydrogen) atoms. The maximum absolute atomic E-state index is 5.12. The number of hydrogen-bond donors (Lipinski definition) is 1. The fourth-order valence-electron chi connectivity index (χ4n) is 2.95. The predicted molar refractivity (Wildman–Crippen MR) is 111 cm³/mol. The van der Waals surface area contributed by atoms with E-state index in [4.69, 9.17) is 4.52 Å². The second-order valence-electron chi connectivity index (χ2n) is 7.75. The molecule has 144 valence electrons. The lowest BCUT2D eigenvalue weighted by Crippen LogP contribution is -2.15. The van der Waals surface area contributed by atoms with Crippen LogP contribution < -0.4 is 5.32 Å². The third-order valence-corrected chi connectivity index (χ3v) is 5.43. The minimum atomic E-state index is -0.0692. The van der Waals surface area contributed by atoms with E-state index < -0.39 is 0 Å². The van der Waals surface area contributed by atoms with Crippen LogP contribution in [0, 0.1) is 6.92 Å². The van der Waals surface area contributed by atoms with Gasteiger partial charge in [-0.05, 0) is 30.7 Å². The first-order valence-electron chi connectivity index (χ1n) is 9.18. The van der Waals surface area contributed by atoms with E-state index in [1.54, 1.807) is 11.8 Å². The van der Waals surface area contributed by atoms with Gasteiger partial charge in [0.25, 0.3) is 0 Å². The highest BCUT2D eigenvalue weighted by atomic mass is 32.2. The summed E-state index contributed by atoms with van der Waals surface area (Å²) in [6.07, 6.45) is 2.12. The van der Waals surface area contributed by atoms with Crippen LogP contribution in [0.4, 0.5) is 5.82 Å². The molecule has 0 aliphatic carbocycles. The van der Waals surface area contributed by atoms with Crippen molar-refractivity contribution in [2.45, 2.75) is 49.4 Å². The molecule has 0 amide bonds. The van der Waals surface area contributed by atoms with Crippen LogP contribution in [0.2, 0.25) is 0 Å². The number of pyridine rings is 1. The summed E-state index contributed by atoms with van der Waals surface area (Å²) in [5.74, 6) is 2.50. The Kier molecular flexibility index (Phi) is 4.85. The summed E-state index contributed by atoms with van der Waals surface area (Å²) in [7, 11) is 0. The van der Waals surface area contributed by atoms with Crippen LogP contribution in [0.1, 0.15) is 37.9 Å². The summed E-state index contributed by atoms with van der Waals surface area (Å²) in [5, 5.41) is 16.0. The molecule has 0 saturated carbocycles. The maximum Gasteiger partial charge on any atom is 0.169 e. The molecule has 1 N–H and O–H groups in total. The molecule has 0 unspecified atom stereocenters. The van der Waals surface area contributed by atoms with Gasteiger partial charge in [-0.2, -0.15) is 0 Å². The van der Waals surface area contributed by atoms with Crippen molar-refractivity contribution >= 4 is 23.2 Å². The van der Waals surface area contributed by atoms with Crippen molar-refractivity contribution in [2.24, 2.45) is 0 Å². The minimum absolute atomic E-state index is 0.0692. The Morgan fingerprint density at radius 3 is 2.68 bits per heavy atom. The molecule has 3 aromatic heterocycles. The molecule has 4 aromatic rings. The Hall–Kier alpha value is -2.80. The lowest BCUT2D eigenvalue weighted by atomic mass is 9.96. The molecule has 3 heterocycles. The van der Waals surface area contributed by atoms with Crippen LogP contribution in [0.5, 0.6) is 0 Å². The topological polar surface area (TPSA) is 68.2 Å². The highest BCUT2D eigenvalue weighted by molar-refractivity contribution is 7.99. The molecule has 0 bridgehead atoms. The van der Waals surface area contributed by atoms with E-state index in [0.29, 0.717) is 6.54 Å². The van der Waals surface area contributed by atoms with Gasteiger partial charge in [0.05, 0.1) is 0 Å². The quantitative estimate of drug-likeness (QED) is 0.509. The van der Waals surface area contributed by atoms with Gasteiger partial charge in [0.15, 0.2) is 11.5 Å². The number of aromatic nitrogens is 4. The van der Waals surface area contributed by atoms with Crippen LogP contribution in [-0.4, -0.2) is 19.8 Å². The zero-order valence-electron chi connectivity index (χ0n) is 16.4. The smallest absolute Gasteiger partial charge is 0.169 e. The van der Waals surface area contributed by atoms with E-state index in [2.05, 4.69) is 82.4 Å². The number of fused-ring (bicyclic) bond motifs is 1. The number of nitrogens with zero attached hydrogens (tertiary/aromatic N) is 4. The number of rotatable bonds is 5. The molecular formula is C21H23N5OS. The fraction of sp³-hybridized carbons (Fsp3) is 0.286. The molecule has 0 fully saturated rings. The van der Waals surface area contributed by atoms with Crippen LogP contribution in [-0.2, 0) is 12.0 Å². The van der Waals surface area contributed by atoms with Crippen LogP contribution in [0.3, 0.4) is 0 Å². The Labute approximate surface area is 168 Å². The number of aryl methyl sites for hydroxylation is 1. The van der Waals surface area contributed by atoms with Gasteiger partial charge < -0.3 is 9.84 Å². The predicted octanol–water partition coefficient (Wildman–Crippen LogP) is 5.09. The average molecular weight is 394 g/mol. The first-order chi connectivity index (χ1) is 13.4. The summed E-state index contributed by atoms with van der Waals surface area (Å²) in [6.45, 7) is 9.01. The number of benzene rings is 1. The van der Waals surface area contributed by atoms with Crippen molar-refractivity contribution in [1.29, 1.82) is 0 Å². The van der Waals surface area contributed by atoms with E-state index >= 15 is 0 Å². The molecule has 0 spiro atoms. The van der Waals surface area contributed by atoms with E-state index in [1.165, 1.54) is 10.5 Å². The molecular weight excluding hydrogens is 370 g/mol. The lowest BCUT2D eigenvalue weighted by molar-refractivity contribution is 0.399. The zero-order valence-corrected chi connectivity index (χ0v) is 17.2. The van der Waals surface area contributed by atoms with Crippen molar-refractivity contribution in [1.82, 2.24) is 19.8 Å². The highest BCUT2D eigenvalue weighted by Gasteiger charge is 2.21. The SMILES string of the molecule is Cc1cc(NCc2ccccc2Sc2ccc3nnc(C(C)(C)C)n3c2)no1. The summed E-state index contributed by atoms with van der Waals surface area (Å²) in [6, 6.07) is 14.4. The summed E-state index contributed by atoms with van der Waals surface area (Å²) in [4.78, 5) is 2.34. The van der Waals surface area contributed by atoms with Crippen molar-refractivity contribution in [3.63, 3.8) is 0 Å². The third kappa shape index (κ3) is 3.89. The first kappa shape index (κ1) is 18.6. The van der Waals surface area contributed by atoms with Crippen LogP contribution >= 0.6 is 11.8 Å². The second-order valence-corrected chi connectivity index (χ2v) is 8.87. The highest BCUT2D eigenvalue weighted by Crippen LogP contribution is 2.32. The van der Waals surface area contributed by atoms with Crippen LogP contribution in [0.25, 0.3) is 5.65 Å². The minimum Gasteiger partial charge on any atom is -0.363 e. The Bertz CT molecular complexity index is 1110. The molecule has 1 aromatic carbocycles. The first-order valence-corrected chi connectivity index (χ1v) is 10.00. The van der Waals surface area contributed by atoms with Gasteiger partial charge in [-0.25, -0.2) is 0 Å². The Morgan fingerprint density at radius 2 is 1.93 bits per heavy atom. The average Bonchev–Trinajstić information content (AvgIpc) is 3.26. The van der Waals surface area contributed by atoms with E-state index in [0.717, 1.165) is 27.9 Å². The van der Waals surface area contributed by atoms with E-state index in [1.807, 2.05) is 19.1 Å². The van der Waals surface area contributed by atoms with Gasteiger partial charge in [0.1, 0.15) is 11.6 Å².